The maximum absolute atomic E-state index is 12.4. The molecule has 2 aromatic rings. The van der Waals surface area contributed by atoms with Gasteiger partial charge in [-0.3, -0.25) is 9.59 Å². The Kier molecular flexibility index (Phi) is 4.24. The highest BCUT2D eigenvalue weighted by Gasteiger charge is 2.15. The molecular formula is C17H16N2O5. The van der Waals surface area contributed by atoms with Gasteiger partial charge in [-0.1, -0.05) is 0 Å². The van der Waals surface area contributed by atoms with E-state index in [2.05, 4.69) is 10.6 Å². The predicted octanol–water partition coefficient (Wildman–Crippen LogP) is 2.63. The van der Waals surface area contributed by atoms with Crippen LogP contribution in [0, 0.1) is 0 Å². The SMILES string of the molecule is COc1ccc(C(=O)Nc2ccc3c(c2)OCO3)cc1NC(C)=O. The highest BCUT2D eigenvalue weighted by atomic mass is 16.7. The van der Waals surface area contributed by atoms with Gasteiger partial charge in [-0.25, -0.2) is 0 Å². The molecule has 1 aliphatic heterocycles. The van der Waals surface area contributed by atoms with Gasteiger partial charge < -0.3 is 24.8 Å². The Morgan fingerprint density at radius 2 is 1.83 bits per heavy atom. The molecule has 0 saturated heterocycles. The molecule has 24 heavy (non-hydrogen) atoms. The van der Waals surface area contributed by atoms with Gasteiger partial charge in [-0.05, 0) is 30.3 Å². The molecule has 0 fully saturated rings. The summed E-state index contributed by atoms with van der Waals surface area (Å²) in [5.74, 6) is 1.14. The number of benzene rings is 2. The molecule has 3 rings (SSSR count). The average Bonchev–Trinajstić information content (AvgIpc) is 3.02. The van der Waals surface area contributed by atoms with Gasteiger partial charge in [0.25, 0.3) is 5.91 Å². The van der Waals surface area contributed by atoms with E-state index in [9.17, 15) is 9.59 Å². The number of carbonyl (C=O) groups excluding carboxylic acids is 2. The summed E-state index contributed by atoms with van der Waals surface area (Å²) in [6.45, 7) is 1.56. The second kappa shape index (κ2) is 6.49. The maximum Gasteiger partial charge on any atom is 0.255 e. The quantitative estimate of drug-likeness (QED) is 0.901. The molecule has 1 heterocycles. The van der Waals surface area contributed by atoms with Crippen LogP contribution in [-0.4, -0.2) is 25.7 Å². The van der Waals surface area contributed by atoms with Crippen molar-refractivity contribution in [3.63, 3.8) is 0 Å². The Labute approximate surface area is 138 Å². The Morgan fingerprint density at radius 1 is 1.04 bits per heavy atom. The number of hydrogen-bond acceptors (Lipinski definition) is 5. The fraction of sp³-hybridized carbons (Fsp3) is 0.176. The van der Waals surface area contributed by atoms with Crippen LogP contribution in [0.15, 0.2) is 36.4 Å². The van der Waals surface area contributed by atoms with Crippen LogP contribution in [0.4, 0.5) is 11.4 Å². The summed E-state index contributed by atoms with van der Waals surface area (Å²) in [5.41, 5.74) is 1.40. The molecule has 2 N–H and O–H groups in total. The van der Waals surface area contributed by atoms with Crippen LogP contribution in [0.25, 0.3) is 0 Å². The van der Waals surface area contributed by atoms with Gasteiger partial charge in [-0.2, -0.15) is 0 Å². The fourth-order valence-corrected chi connectivity index (χ4v) is 2.31. The lowest BCUT2D eigenvalue weighted by molar-refractivity contribution is -0.114. The Morgan fingerprint density at radius 3 is 2.58 bits per heavy atom. The number of fused-ring (bicyclic) bond motifs is 1. The van der Waals surface area contributed by atoms with E-state index in [1.54, 1.807) is 36.4 Å². The molecular weight excluding hydrogens is 312 g/mol. The summed E-state index contributed by atoms with van der Waals surface area (Å²) < 4.78 is 15.7. The normalized spacial score (nSPS) is 11.8. The second-order valence-corrected chi connectivity index (χ2v) is 5.12. The Balaban J connectivity index is 1.80. The molecule has 0 radical (unpaired) electrons. The maximum atomic E-state index is 12.4. The minimum atomic E-state index is -0.317. The van der Waals surface area contributed by atoms with E-state index in [0.29, 0.717) is 34.2 Å². The van der Waals surface area contributed by atoms with Crippen molar-refractivity contribution in [2.75, 3.05) is 24.5 Å². The molecule has 0 aliphatic carbocycles. The second-order valence-electron chi connectivity index (χ2n) is 5.12. The van der Waals surface area contributed by atoms with E-state index in [0.717, 1.165) is 0 Å². The summed E-state index contributed by atoms with van der Waals surface area (Å²) in [6.07, 6.45) is 0. The van der Waals surface area contributed by atoms with Gasteiger partial charge in [0, 0.05) is 24.2 Å². The summed E-state index contributed by atoms with van der Waals surface area (Å²) in [5, 5.41) is 5.41. The zero-order valence-electron chi connectivity index (χ0n) is 13.2. The van der Waals surface area contributed by atoms with Gasteiger partial charge in [0.05, 0.1) is 12.8 Å². The molecule has 0 aromatic heterocycles. The lowest BCUT2D eigenvalue weighted by Gasteiger charge is -2.11. The van der Waals surface area contributed by atoms with Gasteiger partial charge in [0.2, 0.25) is 12.7 Å². The molecule has 0 atom stereocenters. The van der Waals surface area contributed by atoms with E-state index in [1.807, 2.05) is 0 Å². The minimum absolute atomic E-state index is 0.172. The number of carbonyl (C=O) groups is 2. The fourth-order valence-electron chi connectivity index (χ4n) is 2.31. The summed E-state index contributed by atoms with van der Waals surface area (Å²) >= 11 is 0. The van der Waals surface area contributed by atoms with E-state index < -0.39 is 0 Å². The number of rotatable bonds is 4. The third-order valence-electron chi connectivity index (χ3n) is 3.40. The largest absolute Gasteiger partial charge is 0.495 e. The molecule has 0 unspecified atom stereocenters. The van der Waals surface area contributed by atoms with Crippen LogP contribution in [0.2, 0.25) is 0 Å². The first-order valence-electron chi connectivity index (χ1n) is 7.23. The zero-order chi connectivity index (χ0) is 17.1. The van der Waals surface area contributed by atoms with Crippen molar-refractivity contribution in [2.45, 2.75) is 6.92 Å². The van der Waals surface area contributed by atoms with Crippen molar-refractivity contribution in [1.82, 2.24) is 0 Å². The molecule has 1 aliphatic rings. The Hall–Kier alpha value is -3.22. The van der Waals surface area contributed by atoms with Crippen molar-refractivity contribution < 1.29 is 23.8 Å². The number of ether oxygens (including phenoxy) is 3. The minimum Gasteiger partial charge on any atom is -0.495 e. The van der Waals surface area contributed by atoms with E-state index in [-0.39, 0.29) is 18.6 Å². The van der Waals surface area contributed by atoms with E-state index in [4.69, 9.17) is 14.2 Å². The van der Waals surface area contributed by atoms with Crippen LogP contribution < -0.4 is 24.8 Å². The Bertz CT molecular complexity index is 804. The number of anilines is 2. The first-order chi connectivity index (χ1) is 11.6. The zero-order valence-corrected chi connectivity index (χ0v) is 13.2. The standard InChI is InChI=1S/C17H16N2O5/c1-10(20)18-13-7-11(3-5-14(13)22-2)17(21)19-12-4-6-15-16(8-12)24-9-23-15/h3-8H,9H2,1-2H3,(H,18,20)(H,19,21). The van der Waals surface area contributed by atoms with Crippen molar-refractivity contribution in [3.05, 3.63) is 42.0 Å². The smallest absolute Gasteiger partial charge is 0.255 e. The summed E-state index contributed by atoms with van der Waals surface area (Å²) in [4.78, 5) is 23.7. The van der Waals surface area contributed by atoms with E-state index >= 15 is 0 Å². The van der Waals surface area contributed by atoms with Crippen molar-refractivity contribution in [1.29, 1.82) is 0 Å². The number of methoxy groups -OCH3 is 1. The van der Waals surface area contributed by atoms with Gasteiger partial charge in [-0.15, -0.1) is 0 Å². The van der Waals surface area contributed by atoms with Crippen molar-refractivity contribution in [3.8, 4) is 17.2 Å². The van der Waals surface area contributed by atoms with Gasteiger partial charge >= 0.3 is 0 Å². The van der Waals surface area contributed by atoms with Crippen LogP contribution in [0.1, 0.15) is 17.3 Å². The first-order valence-corrected chi connectivity index (χ1v) is 7.23. The molecule has 0 saturated carbocycles. The molecule has 7 nitrogen and oxygen atoms in total. The van der Waals surface area contributed by atoms with Crippen LogP contribution in [-0.2, 0) is 4.79 Å². The van der Waals surface area contributed by atoms with Gasteiger partial charge in [0.1, 0.15) is 5.75 Å². The summed E-state index contributed by atoms with van der Waals surface area (Å²) in [6, 6.07) is 9.95. The monoisotopic (exact) mass is 328 g/mol. The third-order valence-corrected chi connectivity index (χ3v) is 3.40. The topological polar surface area (TPSA) is 85.9 Å². The van der Waals surface area contributed by atoms with E-state index in [1.165, 1.54) is 14.0 Å². The number of amides is 2. The lowest BCUT2D eigenvalue weighted by atomic mass is 10.1. The highest BCUT2D eigenvalue weighted by Crippen LogP contribution is 2.34. The van der Waals surface area contributed by atoms with Crippen LogP contribution >= 0.6 is 0 Å². The number of hydrogen-bond donors (Lipinski definition) is 2. The van der Waals surface area contributed by atoms with Gasteiger partial charge in [0.15, 0.2) is 11.5 Å². The molecule has 2 amide bonds. The van der Waals surface area contributed by atoms with Crippen molar-refractivity contribution in [2.24, 2.45) is 0 Å². The molecule has 0 spiro atoms. The first kappa shape index (κ1) is 15.7. The number of nitrogens with one attached hydrogen (secondary N) is 2. The third kappa shape index (κ3) is 3.24. The predicted molar refractivity (Wildman–Crippen MR) is 87.8 cm³/mol. The molecule has 124 valence electrons. The molecule has 0 bridgehead atoms. The summed E-state index contributed by atoms with van der Waals surface area (Å²) in [7, 11) is 1.49. The lowest BCUT2D eigenvalue weighted by Crippen LogP contribution is -2.13. The van der Waals surface area contributed by atoms with Crippen LogP contribution in [0.3, 0.4) is 0 Å². The van der Waals surface area contributed by atoms with Crippen LogP contribution in [0.5, 0.6) is 17.2 Å². The highest BCUT2D eigenvalue weighted by molar-refractivity contribution is 6.05. The van der Waals surface area contributed by atoms with Crippen molar-refractivity contribution >= 4 is 23.2 Å². The average molecular weight is 328 g/mol. The molecule has 7 heteroatoms. The molecule has 2 aromatic carbocycles.